The summed E-state index contributed by atoms with van der Waals surface area (Å²) in [6.07, 6.45) is 0. The lowest BCUT2D eigenvalue weighted by atomic mass is 10.1. The molecule has 0 radical (unpaired) electrons. The molecule has 5 N–H and O–H groups in total. The molecule has 25 heavy (non-hydrogen) atoms. The van der Waals surface area contributed by atoms with Crippen LogP contribution in [-0.4, -0.2) is 52.4 Å². The van der Waals surface area contributed by atoms with Gasteiger partial charge < -0.3 is 26.0 Å². The molecule has 140 valence electrons. The number of rotatable bonds is 6. The highest BCUT2D eigenvalue weighted by atomic mass is 127. The minimum Gasteiger partial charge on any atom is -0.478 e. The molecule has 0 aromatic heterocycles. The van der Waals surface area contributed by atoms with Crippen LogP contribution in [0.4, 0.5) is 5.69 Å². The molecule has 0 aliphatic carbocycles. The molecule has 1 aromatic rings. The zero-order chi connectivity index (χ0) is 18.6. The number of hydrogen-bond donors (Lipinski definition) is 5. The Morgan fingerprint density at radius 2 is 1.48 bits per heavy atom. The van der Waals surface area contributed by atoms with Crippen molar-refractivity contribution >= 4 is 104 Å². The average molecular weight is 710 g/mol. The predicted octanol–water partition coefficient (Wildman–Crippen LogP) is 1.66. The number of aliphatic hydroxyl groups excluding tert-OH is 2. The van der Waals surface area contributed by atoms with Gasteiger partial charge in [-0.15, -0.1) is 12.4 Å². The van der Waals surface area contributed by atoms with E-state index >= 15 is 0 Å². The number of halogens is 4. The Morgan fingerprint density at radius 3 is 1.88 bits per heavy atom. The van der Waals surface area contributed by atoms with Crippen LogP contribution in [0.3, 0.4) is 0 Å². The average Bonchev–Trinajstić information content (AvgIpc) is 2.48. The molecule has 0 atom stereocenters. The van der Waals surface area contributed by atoms with E-state index in [2.05, 4.69) is 10.6 Å². The predicted molar refractivity (Wildman–Crippen MR) is 119 cm³/mol. The van der Waals surface area contributed by atoms with Gasteiger partial charge in [0.05, 0.1) is 43.2 Å². The summed E-state index contributed by atoms with van der Waals surface area (Å²) in [6, 6.07) is -0.874. The number of benzene rings is 1. The van der Waals surface area contributed by atoms with Crippen LogP contribution in [0.2, 0.25) is 0 Å². The van der Waals surface area contributed by atoms with Gasteiger partial charge in [-0.25, -0.2) is 4.79 Å². The minimum atomic E-state index is -1.23. The molecule has 0 saturated heterocycles. The number of amides is 2. The van der Waals surface area contributed by atoms with Crippen molar-refractivity contribution in [3.05, 3.63) is 21.8 Å². The summed E-state index contributed by atoms with van der Waals surface area (Å²) in [4.78, 5) is 35.5. The SMILES string of the molecule is CC(=O)Nc1c(I)c(C(=O)O)c(I)c(C(=O)NC(CO)CO)c1I.Cl. The number of carbonyl (C=O) groups is 3. The fourth-order valence-electron chi connectivity index (χ4n) is 1.74. The van der Waals surface area contributed by atoms with Gasteiger partial charge in [-0.1, -0.05) is 0 Å². The van der Waals surface area contributed by atoms with Crippen LogP contribution in [0, 0.1) is 10.7 Å². The first-order chi connectivity index (χ1) is 11.1. The van der Waals surface area contributed by atoms with Crippen molar-refractivity contribution in [2.75, 3.05) is 18.5 Å². The zero-order valence-corrected chi connectivity index (χ0v) is 19.9. The van der Waals surface area contributed by atoms with E-state index in [9.17, 15) is 19.5 Å². The molecule has 1 rings (SSSR count). The van der Waals surface area contributed by atoms with E-state index in [-0.39, 0.29) is 32.8 Å². The minimum absolute atomic E-state index is 0. The Labute approximate surface area is 190 Å². The smallest absolute Gasteiger partial charge is 0.337 e. The monoisotopic (exact) mass is 710 g/mol. The molecule has 8 nitrogen and oxygen atoms in total. The van der Waals surface area contributed by atoms with Gasteiger partial charge in [0.15, 0.2) is 0 Å². The summed E-state index contributed by atoms with van der Waals surface area (Å²) in [5.41, 5.74) is 0.191. The van der Waals surface area contributed by atoms with Gasteiger partial charge in [-0.2, -0.15) is 0 Å². The maximum atomic E-state index is 12.5. The zero-order valence-electron chi connectivity index (χ0n) is 12.6. The topological polar surface area (TPSA) is 136 Å². The second kappa shape index (κ2) is 11.0. The van der Waals surface area contributed by atoms with Crippen LogP contribution in [0.1, 0.15) is 27.6 Å². The van der Waals surface area contributed by atoms with Crippen molar-refractivity contribution in [1.82, 2.24) is 5.32 Å². The fourth-order valence-corrected chi connectivity index (χ4v) is 6.13. The molecular formula is C13H14ClI3N2O6. The number of carboxylic acids is 1. The van der Waals surface area contributed by atoms with Gasteiger partial charge >= 0.3 is 5.97 Å². The molecule has 0 spiro atoms. The van der Waals surface area contributed by atoms with Crippen molar-refractivity contribution in [2.45, 2.75) is 13.0 Å². The quantitative estimate of drug-likeness (QED) is 0.286. The number of aromatic carboxylic acids is 1. The van der Waals surface area contributed by atoms with Crippen molar-refractivity contribution in [3.8, 4) is 0 Å². The molecule has 12 heteroatoms. The van der Waals surface area contributed by atoms with Gasteiger partial charge in [0.1, 0.15) is 0 Å². The highest BCUT2D eigenvalue weighted by molar-refractivity contribution is 14.1. The van der Waals surface area contributed by atoms with E-state index in [1.165, 1.54) is 6.92 Å². The lowest BCUT2D eigenvalue weighted by Crippen LogP contribution is -2.41. The number of anilines is 1. The van der Waals surface area contributed by atoms with Crippen molar-refractivity contribution in [2.24, 2.45) is 0 Å². The molecule has 0 saturated carbocycles. The number of nitrogens with one attached hydrogen (secondary N) is 2. The van der Waals surface area contributed by atoms with Crippen molar-refractivity contribution in [3.63, 3.8) is 0 Å². The van der Waals surface area contributed by atoms with Gasteiger partial charge in [0.25, 0.3) is 5.91 Å². The van der Waals surface area contributed by atoms with Crippen LogP contribution in [0.5, 0.6) is 0 Å². The first-order valence-corrected chi connectivity index (χ1v) is 9.63. The van der Waals surface area contributed by atoms with Crippen molar-refractivity contribution < 1.29 is 29.7 Å². The maximum Gasteiger partial charge on any atom is 0.337 e. The number of hydrogen-bond acceptors (Lipinski definition) is 5. The Morgan fingerprint density at radius 1 is 1.00 bits per heavy atom. The number of aliphatic hydroxyl groups is 2. The fraction of sp³-hybridized carbons (Fsp3) is 0.308. The summed E-state index contributed by atoms with van der Waals surface area (Å²) in [5, 5.41) is 32.6. The Bertz CT molecular complexity index is 697. The molecular weight excluding hydrogens is 696 g/mol. The van der Waals surface area contributed by atoms with Crippen molar-refractivity contribution in [1.29, 1.82) is 0 Å². The van der Waals surface area contributed by atoms with Crippen LogP contribution < -0.4 is 10.6 Å². The largest absolute Gasteiger partial charge is 0.478 e. The summed E-state index contributed by atoms with van der Waals surface area (Å²) in [6.45, 7) is 0.339. The van der Waals surface area contributed by atoms with E-state index in [0.717, 1.165) is 0 Å². The number of carbonyl (C=O) groups excluding carboxylic acids is 2. The van der Waals surface area contributed by atoms with Crippen LogP contribution >= 0.6 is 80.2 Å². The highest BCUT2D eigenvalue weighted by Gasteiger charge is 2.28. The molecule has 0 fully saturated rings. The summed E-state index contributed by atoms with van der Waals surface area (Å²) in [5.74, 6) is -2.29. The third kappa shape index (κ3) is 6.02. The van der Waals surface area contributed by atoms with E-state index in [1.807, 2.05) is 22.6 Å². The van der Waals surface area contributed by atoms with Crippen LogP contribution in [0.15, 0.2) is 0 Å². The molecule has 0 heterocycles. The molecule has 0 aliphatic heterocycles. The van der Waals surface area contributed by atoms with Gasteiger partial charge in [-0.3, -0.25) is 9.59 Å². The van der Waals surface area contributed by atoms with Gasteiger partial charge in [0.2, 0.25) is 5.91 Å². The first-order valence-electron chi connectivity index (χ1n) is 6.39. The highest BCUT2D eigenvalue weighted by Crippen LogP contribution is 2.35. The normalized spacial score (nSPS) is 10.2. The Balaban J connectivity index is 0.00000576. The molecule has 2 amide bonds. The summed E-state index contributed by atoms with van der Waals surface area (Å²) in [7, 11) is 0. The Hall–Kier alpha value is 0.0300. The molecule has 0 aliphatic rings. The third-order valence-corrected chi connectivity index (χ3v) is 6.07. The molecule has 0 unspecified atom stereocenters. The van der Waals surface area contributed by atoms with Gasteiger partial charge in [-0.05, 0) is 67.8 Å². The molecule has 1 aromatic carbocycles. The van der Waals surface area contributed by atoms with E-state index in [1.54, 1.807) is 45.2 Å². The second-order valence-corrected chi connectivity index (χ2v) is 7.83. The van der Waals surface area contributed by atoms with E-state index in [4.69, 9.17) is 10.2 Å². The second-order valence-electron chi connectivity index (χ2n) is 4.59. The lowest BCUT2D eigenvalue weighted by molar-refractivity contribution is -0.114. The third-order valence-electron chi connectivity index (χ3n) is 2.83. The summed E-state index contributed by atoms with van der Waals surface area (Å²) < 4.78 is 0.880. The standard InChI is InChI=1S/C13H13I3N2O6.ClH/c1-4(21)17-11-9(15)6(12(22)18-5(2-19)3-20)8(14)7(10(11)16)13(23)24;/h5,19-20H,2-3H2,1H3,(H,17,21)(H,18,22)(H,23,24);1H. The van der Waals surface area contributed by atoms with Crippen LogP contribution in [-0.2, 0) is 4.79 Å². The van der Waals surface area contributed by atoms with Crippen LogP contribution in [0.25, 0.3) is 0 Å². The maximum absolute atomic E-state index is 12.5. The van der Waals surface area contributed by atoms with Gasteiger partial charge in [0, 0.05) is 10.5 Å². The number of carboxylic acid groups (broad SMARTS) is 1. The summed E-state index contributed by atoms with van der Waals surface area (Å²) >= 11 is 5.41. The molecule has 0 bridgehead atoms. The Kier molecular flexibility index (Phi) is 11.0. The van der Waals surface area contributed by atoms with E-state index in [0.29, 0.717) is 7.14 Å². The first kappa shape index (κ1) is 25.0. The lowest BCUT2D eigenvalue weighted by Gasteiger charge is -2.19. The van der Waals surface area contributed by atoms with E-state index < -0.39 is 37.0 Å².